The molecule has 3 nitrogen and oxygen atoms in total. The minimum absolute atomic E-state index is 0.556. The molecular formula is C16H13Cl2N3Ti-2. The summed E-state index contributed by atoms with van der Waals surface area (Å²) in [6, 6.07) is 12.5. The third-order valence-electron chi connectivity index (χ3n) is 2.91. The van der Waals surface area contributed by atoms with Gasteiger partial charge in [-0.15, -0.1) is 57.7 Å². The van der Waals surface area contributed by atoms with Crippen molar-refractivity contribution < 1.29 is 17.0 Å². The number of aromatic nitrogens is 3. The zero-order valence-corrected chi connectivity index (χ0v) is 14.7. The average molecular weight is 366 g/mol. The number of benzene rings is 1. The summed E-state index contributed by atoms with van der Waals surface area (Å²) in [7, 11) is 9.78. The van der Waals surface area contributed by atoms with Gasteiger partial charge in [-0.25, -0.2) is 12.2 Å². The van der Waals surface area contributed by atoms with Gasteiger partial charge >= 0.3 is 35.6 Å². The summed E-state index contributed by atoms with van der Waals surface area (Å²) in [5, 5.41) is 10.1. The van der Waals surface area contributed by atoms with Crippen LogP contribution in [0.5, 0.6) is 0 Å². The van der Waals surface area contributed by atoms with E-state index in [9.17, 15) is 0 Å². The third kappa shape index (κ3) is 5.18. The number of nitrogens with zero attached hydrogens (tertiary/aromatic N) is 3. The fourth-order valence-electron chi connectivity index (χ4n) is 1.96. The topological polar surface area (TPSA) is 30.7 Å². The number of halogens is 2. The van der Waals surface area contributed by atoms with E-state index >= 15 is 0 Å². The van der Waals surface area contributed by atoms with Gasteiger partial charge in [0, 0.05) is 0 Å². The second-order valence-electron chi connectivity index (χ2n) is 4.29. The van der Waals surface area contributed by atoms with Gasteiger partial charge in [0.15, 0.2) is 0 Å². The van der Waals surface area contributed by atoms with Crippen LogP contribution in [-0.4, -0.2) is 14.8 Å². The van der Waals surface area contributed by atoms with Gasteiger partial charge in [0.05, 0.1) is 0 Å². The normalized spacial score (nSPS) is 11.5. The van der Waals surface area contributed by atoms with Crippen molar-refractivity contribution >= 4 is 29.4 Å². The zero-order chi connectivity index (χ0) is 15.6. The van der Waals surface area contributed by atoms with E-state index in [2.05, 4.69) is 46.6 Å². The Kier molecular flexibility index (Phi) is 7.54. The molecule has 6 heteroatoms. The summed E-state index contributed by atoms with van der Waals surface area (Å²) >= 11 is -0.556. The minimum Gasteiger partial charge on any atom is -0.307 e. The molecule has 3 aromatic rings. The number of rotatable bonds is 1. The minimum atomic E-state index is -0.556. The standard InChI is InChI=1S/C11H8N3.C5H5.2ClH.Ti/c1-2-4-10-6-11(5-9(10)3-1)14-7-12-13-8-14;1-2-4-5-3-1;;;/h1-8H;1-3H,4H2;2*1H;/q2*-1;;;+2/p-2. The van der Waals surface area contributed by atoms with Crippen LogP contribution >= 0.6 is 18.6 Å². The molecule has 0 saturated carbocycles. The van der Waals surface area contributed by atoms with E-state index in [1.54, 1.807) is 12.7 Å². The average Bonchev–Trinajstić information content (AvgIpc) is 3.29. The van der Waals surface area contributed by atoms with Crippen LogP contribution in [0.4, 0.5) is 0 Å². The van der Waals surface area contributed by atoms with E-state index in [0.29, 0.717) is 0 Å². The molecule has 0 spiro atoms. The molecule has 1 aromatic heterocycles. The van der Waals surface area contributed by atoms with E-state index < -0.39 is 17.0 Å². The summed E-state index contributed by atoms with van der Waals surface area (Å²) < 4.78 is 1.90. The van der Waals surface area contributed by atoms with Gasteiger partial charge in [-0.05, 0) is 5.69 Å². The largest absolute Gasteiger partial charge is 0.307 e. The van der Waals surface area contributed by atoms with E-state index in [4.69, 9.17) is 18.6 Å². The number of hydrogen-bond acceptors (Lipinski definition) is 2. The summed E-state index contributed by atoms with van der Waals surface area (Å²) in [6.45, 7) is 0. The number of fused-ring (bicyclic) bond motifs is 1. The van der Waals surface area contributed by atoms with E-state index in [0.717, 1.165) is 12.1 Å². The van der Waals surface area contributed by atoms with Crippen LogP contribution in [0.3, 0.4) is 0 Å². The predicted molar refractivity (Wildman–Crippen MR) is 87.7 cm³/mol. The van der Waals surface area contributed by atoms with E-state index in [1.807, 2.05) is 28.9 Å². The molecule has 4 rings (SSSR count). The second-order valence-corrected chi connectivity index (χ2v) is 6.87. The van der Waals surface area contributed by atoms with Gasteiger partial charge in [-0.1, -0.05) is 6.07 Å². The Morgan fingerprint density at radius 1 is 1.18 bits per heavy atom. The number of allylic oxidation sites excluding steroid dienone is 4. The first-order valence-corrected chi connectivity index (χ1v) is 10.8. The van der Waals surface area contributed by atoms with Gasteiger partial charge in [-0.2, -0.15) is 6.08 Å². The van der Waals surface area contributed by atoms with Gasteiger partial charge in [0.2, 0.25) is 0 Å². The van der Waals surface area contributed by atoms with Crippen LogP contribution < -0.4 is 0 Å². The molecule has 112 valence electrons. The first kappa shape index (κ1) is 17.1. The van der Waals surface area contributed by atoms with Gasteiger partial charge in [-0.3, -0.25) is 6.08 Å². The van der Waals surface area contributed by atoms with Crippen LogP contribution in [0.2, 0.25) is 0 Å². The molecule has 22 heavy (non-hydrogen) atoms. The molecule has 0 unspecified atom stereocenters. The van der Waals surface area contributed by atoms with Crippen molar-refractivity contribution in [1.29, 1.82) is 0 Å². The van der Waals surface area contributed by atoms with Crippen molar-refractivity contribution in [1.82, 2.24) is 14.8 Å². The Morgan fingerprint density at radius 3 is 2.45 bits per heavy atom. The maximum absolute atomic E-state index is 4.89. The predicted octanol–water partition coefficient (Wildman–Crippen LogP) is 4.82. The first-order chi connectivity index (χ1) is 10.8. The van der Waals surface area contributed by atoms with Crippen molar-refractivity contribution in [3.8, 4) is 5.69 Å². The summed E-state index contributed by atoms with van der Waals surface area (Å²) in [5.74, 6) is 0. The molecular weight excluding hydrogens is 353 g/mol. The van der Waals surface area contributed by atoms with Crippen LogP contribution in [-0.2, 0) is 17.0 Å². The molecule has 0 aliphatic heterocycles. The van der Waals surface area contributed by atoms with E-state index in [1.165, 1.54) is 10.8 Å². The Labute approximate surface area is 146 Å². The molecule has 0 N–H and O–H groups in total. The zero-order valence-electron chi connectivity index (χ0n) is 11.7. The van der Waals surface area contributed by atoms with Crippen molar-refractivity contribution in [3.63, 3.8) is 0 Å². The molecule has 0 atom stereocenters. The Hall–Kier alpha value is -1.26. The van der Waals surface area contributed by atoms with Gasteiger partial charge in [0.1, 0.15) is 12.7 Å². The Balaban J connectivity index is 0.000000184. The monoisotopic (exact) mass is 365 g/mol. The molecule has 2 aromatic carbocycles. The molecule has 0 bridgehead atoms. The van der Waals surface area contributed by atoms with Crippen LogP contribution in [0.15, 0.2) is 67.3 Å². The van der Waals surface area contributed by atoms with Crippen molar-refractivity contribution in [2.45, 2.75) is 6.42 Å². The fourth-order valence-corrected chi connectivity index (χ4v) is 1.96. The maximum Gasteiger partial charge on any atom is 0.122 e. The number of hydrogen-bond donors (Lipinski definition) is 0. The Morgan fingerprint density at radius 2 is 1.91 bits per heavy atom. The molecule has 0 radical (unpaired) electrons. The molecule has 1 aliphatic carbocycles. The quantitative estimate of drug-likeness (QED) is 0.457. The molecule has 0 saturated heterocycles. The van der Waals surface area contributed by atoms with Crippen molar-refractivity contribution in [2.24, 2.45) is 0 Å². The molecule has 0 fully saturated rings. The summed E-state index contributed by atoms with van der Waals surface area (Å²) in [4.78, 5) is 0. The fraction of sp³-hybridized carbons (Fsp3) is 0.0625. The van der Waals surface area contributed by atoms with Gasteiger partial charge in [0.25, 0.3) is 0 Å². The Bertz CT molecular complexity index is 690. The maximum atomic E-state index is 4.89. The molecule has 1 heterocycles. The van der Waals surface area contributed by atoms with E-state index in [-0.39, 0.29) is 0 Å². The van der Waals surface area contributed by atoms with Crippen molar-refractivity contribution in [2.75, 3.05) is 0 Å². The van der Waals surface area contributed by atoms with Crippen LogP contribution in [0.1, 0.15) is 6.42 Å². The van der Waals surface area contributed by atoms with Crippen LogP contribution in [0, 0.1) is 6.08 Å². The van der Waals surface area contributed by atoms with Gasteiger partial charge < -0.3 is 4.57 Å². The molecule has 0 amide bonds. The molecule has 1 aliphatic rings. The third-order valence-corrected chi connectivity index (χ3v) is 2.91. The van der Waals surface area contributed by atoms with Crippen molar-refractivity contribution in [3.05, 3.63) is 73.4 Å². The first-order valence-electron chi connectivity index (χ1n) is 6.53. The summed E-state index contributed by atoms with van der Waals surface area (Å²) in [5.41, 5.74) is 1.11. The smallest absolute Gasteiger partial charge is 0.122 e. The SMILES string of the molecule is [C-]1=CC=CC1.[Cl][Ti][Cl].c1ccc2[cH-]c(-n3cnnc3)cc2c1. The van der Waals surface area contributed by atoms with Crippen LogP contribution in [0.25, 0.3) is 16.5 Å². The second kappa shape index (κ2) is 9.70. The summed E-state index contributed by atoms with van der Waals surface area (Å²) in [6.07, 6.45) is 13.4.